The Labute approximate surface area is 159 Å². The van der Waals surface area contributed by atoms with Crippen molar-refractivity contribution in [2.24, 2.45) is 0 Å². The molecule has 1 saturated carbocycles. The van der Waals surface area contributed by atoms with Crippen LogP contribution < -0.4 is 0 Å². The van der Waals surface area contributed by atoms with Crippen LogP contribution in [0.1, 0.15) is 52.9 Å². The Morgan fingerprint density at radius 3 is 2.73 bits per heavy atom. The molecule has 0 aromatic carbocycles. The van der Waals surface area contributed by atoms with Gasteiger partial charge in [0.05, 0.1) is 11.5 Å². The number of aromatic nitrogens is 3. The van der Waals surface area contributed by atoms with Gasteiger partial charge >= 0.3 is 0 Å². The van der Waals surface area contributed by atoms with Crippen LogP contribution >= 0.6 is 11.8 Å². The second-order valence-electron chi connectivity index (χ2n) is 6.70. The van der Waals surface area contributed by atoms with Gasteiger partial charge in [-0.25, -0.2) is 0 Å². The molecule has 2 aromatic heterocycles. The van der Waals surface area contributed by atoms with Crippen LogP contribution in [0, 0.1) is 0 Å². The van der Waals surface area contributed by atoms with Crippen molar-refractivity contribution in [1.29, 1.82) is 0 Å². The Morgan fingerprint density at radius 2 is 2.12 bits per heavy atom. The van der Waals surface area contributed by atoms with E-state index in [2.05, 4.69) is 22.0 Å². The first-order chi connectivity index (χ1) is 12.7. The van der Waals surface area contributed by atoms with E-state index >= 15 is 0 Å². The average Bonchev–Trinajstić information content (AvgIpc) is 3.32. The summed E-state index contributed by atoms with van der Waals surface area (Å²) in [6.45, 7) is 7.60. The molecule has 0 N–H and O–H groups in total. The molecule has 1 aliphatic carbocycles. The quantitative estimate of drug-likeness (QED) is 0.677. The van der Waals surface area contributed by atoms with Gasteiger partial charge in [0.2, 0.25) is 5.91 Å². The predicted molar refractivity (Wildman–Crippen MR) is 103 cm³/mol. The first kappa shape index (κ1) is 19.0. The van der Waals surface area contributed by atoms with E-state index in [1.165, 1.54) is 31.0 Å². The van der Waals surface area contributed by atoms with Crippen LogP contribution in [0.3, 0.4) is 0 Å². The molecule has 0 saturated heterocycles. The van der Waals surface area contributed by atoms with Gasteiger partial charge in [0.1, 0.15) is 0 Å². The van der Waals surface area contributed by atoms with Crippen molar-refractivity contribution in [2.45, 2.75) is 75.9 Å². The van der Waals surface area contributed by atoms with E-state index in [0.29, 0.717) is 17.6 Å². The molecule has 26 heavy (non-hydrogen) atoms. The zero-order chi connectivity index (χ0) is 18.5. The number of rotatable bonds is 7. The third kappa shape index (κ3) is 3.98. The summed E-state index contributed by atoms with van der Waals surface area (Å²) in [4.78, 5) is 15.1. The summed E-state index contributed by atoms with van der Waals surface area (Å²) in [5, 5.41) is 9.16. The Kier molecular flexibility index (Phi) is 6.40. The summed E-state index contributed by atoms with van der Waals surface area (Å²) in [6, 6.07) is 4.11. The van der Waals surface area contributed by atoms with Crippen LogP contribution in [-0.2, 0) is 11.3 Å². The van der Waals surface area contributed by atoms with Gasteiger partial charge in [0, 0.05) is 19.1 Å². The molecule has 1 aliphatic rings. The minimum atomic E-state index is -0.184. The molecule has 0 aliphatic heterocycles. The molecule has 6 nitrogen and oxygen atoms in total. The molecule has 1 unspecified atom stereocenters. The fourth-order valence-corrected chi connectivity index (χ4v) is 4.66. The van der Waals surface area contributed by atoms with Gasteiger partial charge in [0.15, 0.2) is 16.7 Å². The summed E-state index contributed by atoms with van der Waals surface area (Å²) in [5.74, 6) is 1.61. The molecule has 3 rings (SSSR count). The van der Waals surface area contributed by atoms with Crippen LogP contribution in [0.25, 0.3) is 11.6 Å². The number of hydrogen-bond acceptors (Lipinski definition) is 5. The molecular formula is C19H28N4O2S. The van der Waals surface area contributed by atoms with Gasteiger partial charge in [-0.2, -0.15) is 0 Å². The lowest BCUT2D eigenvalue weighted by atomic mass is 9.94. The van der Waals surface area contributed by atoms with Crippen molar-refractivity contribution in [3.63, 3.8) is 0 Å². The highest BCUT2D eigenvalue weighted by Gasteiger charge is 2.29. The van der Waals surface area contributed by atoms with Crippen molar-refractivity contribution in [1.82, 2.24) is 19.7 Å². The first-order valence-electron chi connectivity index (χ1n) is 9.59. The molecule has 0 radical (unpaired) electrons. The molecule has 1 atom stereocenters. The van der Waals surface area contributed by atoms with Crippen LogP contribution in [-0.4, -0.2) is 43.4 Å². The van der Waals surface area contributed by atoms with Gasteiger partial charge in [0.25, 0.3) is 0 Å². The molecule has 1 amide bonds. The highest BCUT2D eigenvalue weighted by atomic mass is 32.2. The normalized spacial score (nSPS) is 16.6. The number of carbonyl (C=O) groups is 1. The largest absolute Gasteiger partial charge is 0.461 e. The molecule has 0 spiro atoms. The minimum absolute atomic E-state index is 0.184. The lowest BCUT2D eigenvalue weighted by Gasteiger charge is -2.35. The number of nitrogens with zero attached hydrogens (tertiary/aromatic N) is 4. The van der Waals surface area contributed by atoms with Crippen LogP contribution in [0.4, 0.5) is 0 Å². The molecule has 2 heterocycles. The molecule has 0 bridgehead atoms. The maximum absolute atomic E-state index is 13.0. The Bertz CT molecular complexity index is 707. The van der Waals surface area contributed by atoms with Crippen molar-refractivity contribution in [3.05, 3.63) is 18.4 Å². The highest BCUT2D eigenvalue weighted by Crippen LogP contribution is 2.29. The van der Waals surface area contributed by atoms with Crippen LogP contribution in [0.5, 0.6) is 0 Å². The monoisotopic (exact) mass is 376 g/mol. The van der Waals surface area contributed by atoms with E-state index in [1.54, 1.807) is 6.26 Å². The van der Waals surface area contributed by atoms with Crippen molar-refractivity contribution >= 4 is 17.7 Å². The lowest BCUT2D eigenvalue weighted by Crippen LogP contribution is -2.44. The summed E-state index contributed by atoms with van der Waals surface area (Å²) in [7, 11) is 0. The number of thioether (sulfide) groups is 1. The molecular weight excluding hydrogens is 348 g/mol. The van der Waals surface area contributed by atoms with Crippen molar-refractivity contribution in [2.75, 3.05) is 6.54 Å². The van der Waals surface area contributed by atoms with Gasteiger partial charge in [-0.1, -0.05) is 31.0 Å². The maximum atomic E-state index is 13.0. The minimum Gasteiger partial charge on any atom is -0.461 e. The fraction of sp³-hybridized carbons (Fsp3) is 0.632. The van der Waals surface area contributed by atoms with E-state index in [9.17, 15) is 4.79 Å². The number of furan rings is 1. The number of carbonyl (C=O) groups excluding carboxylic acids is 1. The number of hydrogen-bond donors (Lipinski definition) is 0. The summed E-state index contributed by atoms with van der Waals surface area (Å²) in [5.41, 5.74) is 0. The first-order valence-corrected chi connectivity index (χ1v) is 10.5. The highest BCUT2D eigenvalue weighted by molar-refractivity contribution is 8.00. The van der Waals surface area contributed by atoms with E-state index < -0.39 is 0 Å². The third-order valence-corrected chi connectivity index (χ3v) is 6.11. The van der Waals surface area contributed by atoms with Gasteiger partial charge in [-0.15, -0.1) is 10.2 Å². The van der Waals surface area contributed by atoms with Gasteiger partial charge in [-0.3, -0.25) is 9.36 Å². The third-order valence-electron chi connectivity index (χ3n) is 5.04. The lowest BCUT2D eigenvalue weighted by molar-refractivity contribution is -0.133. The van der Waals surface area contributed by atoms with E-state index in [-0.39, 0.29) is 11.2 Å². The predicted octanol–water partition coefficient (Wildman–Crippen LogP) is 4.22. The smallest absolute Gasteiger partial charge is 0.236 e. The Balaban J connectivity index is 1.72. The fourth-order valence-electron chi connectivity index (χ4n) is 3.68. The zero-order valence-corrected chi connectivity index (χ0v) is 16.7. The van der Waals surface area contributed by atoms with E-state index in [0.717, 1.165) is 31.1 Å². The summed E-state index contributed by atoms with van der Waals surface area (Å²) < 4.78 is 7.46. The second-order valence-corrected chi connectivity index (χ2v) is 8.01. The summed E-state index contributed by atoms with van der Waals surface area (Å²) >= 11 is 1.49. The molecule has 142 valence electrons. The standard InChI is InChI=1S/C19H28N4O2S/c1-4-22(15-10-7-6-8-11-15)18(24)14(3)26-19-21-20-17(23(19)5-2)16-12-9-13-25-16/h9,12-15H,4-8,10-11H2,1-3H3. The molecule has 2 aromatic rings. The van der Waals surface area contributed by atoms with Gasteiger partial charge < -0.3 is 9.32 Å². The number of amides is 1. The van der Waals surface area contributed by atoms with Crippen molar-refractivity contribution in [3.8, 4) is 11.6 Å². The topological polar surface area (TPSA) is 64.2 Å². The molecule has 1 fully saturated rings. The average molecular weight is 377 g/mol. The molecule has 7 heteroatoms. The Morgan fingerprint density at radius 1 is 1.35 bits per heavy atom. The Hall–Kier alpha value is -1.76. The van der Waals surface area contributed by atoms with Gasteiger partial charge in [-0.05, 0) is 45.7 Å². The second kappa shape index (κ2) is 8.75. The van der Waals surface area contributed by atoms with Crippen LogP contribution in [0.2, 0.25) is 0 Å². The maximum Gasteiger partial charge on any atom is 0.236 e. The summed E-state index contributed by atoms with van der Waals surface area (Å²) in [6.07, 6.45) is 7.64. The SMILES string of the molecule is CCN(C(=O)C(C)Sc1nnc(-c2ccco2)n1CC)C1CCCCC1. The van der Waals surface area contributed by atoms with Crippen LogP contribution in [0.15, 0.2) is 28.0 Å². The van der Waals surface area contributed by atoms with Crippen molar-refractivity contribution < 1.29 is 9.21 Å². The van der Waals surface area contributed by atoms with E-state index in [4.69, 9.17) is 4.42 Å². The zero-order valence-electron chi connectivity index (χ0n) is 15.9. The van der Waals surface area contributed by atoms with E-state index in [1.807, 2.05) is 30.5 Å².